The van der Waals surface area contributed by atoms with Gasteiger partial charge in [-0.05, 0) is 112 Å². The van der Waals surface area contributed by atoms with Gasteiger partial charge in [-0.1, -0.05) is 76.6 Å². The summed E-state index contributed by atoms with van der Waals surface area (Å²) in [5, 5.41) is 0. The number of alkyl halides is 5. The van der Waals surface area contributed by atoms with Gasteiger partial charge in [0.25, 0.3) is 0 Å². The van der Waals surface area contributed by atoms with Crippen LogP contribution in [-0.4, -0.2) is 88.0 Å². The van der Waals surface area contributed by atoms with Crippen LogP contribution in [0.1, 0.15) is 79.2 Å². The molecule has 66 heavy (non-hydrogen) atoms. The van der Waals surface area contributed by atoms with Crippen LogP contribution < -0.4 is 0 Å². The predicted molar refractivity (Wildman–Crippen MR) is 242 cm³/mol. The van der Waals surface area contributed by atoms with Crippen molar-refractivity contribution in [2.75, 3.05) is 26.4 Å². The molecule has 0 bridgehead atoms. The van der Waals surface area contributed by atoms with Gasteiger partial charge in [0.2, 0.25) is 0 Å². The van der Waals surface area contributed by atoms with Crippen molar-refractivity contribution in [2.24, 2.45) is 0 Å². The maximum absolute atomic E-state index is 13.7. The molecular formula is C48H54BrF5O10S2. The average Bonchev–Trinajstić information content (AvgIpc) is 3.25. The van der Waals surface area contributed by atoms with Crippen molar-refractivity contribution in [1.82, 2.24) is 0 Å². The van der Waals surface area contributed by atoms with E-state index >= 15 is 0 Å². The highest BCUT2D eigenvalue weighted by Crippen LogP contribution is 2.41. The van der Waals surface area contributed by atoms with Gasteiger partial charge >= 0.3 is 24.0 Å². The van der Waals surface area contributed by atoms with Crippen molar-refractivity contribution in [3.05, 3.63) is 107 Å². The van der Waals surface area contributed by atoms with E-state index in [9.17, 15) is 48.4 Å². The molecule has 0 N–H and O–H groups in total. The van der Waals surface area contributed by atoms with Crippen molar-refractivity contribution in [1.29, 1.82) is 0 Å². The molecule has 0 aliphatic carbocycles. The summed E-state index contributed by atoms with van der Waals surface area (Å²) in [4.78, 5) is 26.2. The van der Waals surface area contributed by atoms with Crippen molar-refractivity contribution < 1.29 is 67.3 Å². The summed E-state index contributed by atoms with van der Waals surface area (Å²) in [5.74, 6) is -6.29. The molecule has 10 nitrogen and oxygen atoms in total. The SMILES string of the molecule is CC(C)(C)OC(=O)C1(S(=O)(=O)c2ccc(-c3ccc(Br)cc3)cc2)CCOCC1.CC(C)(C)OC(=O)C1(S(=O)(=O)c2ccc(-c3ccc(CCC(F)(F)C(F)(F)F)cc3)cc2)CCOCC1. The van der Waals surface area contributed by atoms with E-state index in [0.29, 0.717) is 16.7 Å². The van der Waals surface area contributed by atoms with Gasteiger partial charge in [0.05, 0.1) is 9.79 Å². The second kappa shape index (κ2) is 20.2. The molecule has 2 heterocycles. The molecule has 2 fully saturated rings. The van der Waals surface area contributed by atoms with Crippen LogP contribution in [0, 0.1) is 0 Å². The zero-order valence-corrected chi connectivity index (χ0v) is 40.7. The van der Waals surface area contributed by atoms with E-state index in [-0.39, 0.29) is 61.9 Å². The Morgan fingerprint density at radius 3 is 1.15 bits per heavy atom. The van der Waals surface area contributed by atoms with Gasteiger partial charge in [-0.25, -0.2) is 16.8 Å². The maximum atomic E-state index is 13.7. The van der Waals surface area contributed by atoms with Crippen LogP contribution in [0.2, 0.25) is 0 Å². The van der Waals surface area contributed by atoms with Gasteiger partial charge in [-0.3, -0.25) is 9.59 Å². The van der Waals surface area contributed by atoms with Crippen LogP contribution in [0.3, 0.4) is 0 Å². The smallest absolute Gasteiger partial charge is 0.453 e. The molecular weight excluding hydrogens is 976 g/mol. The Kier molecular flexibility index (Phi) is 16.1. The van der Waals surface area contributed by atoms with E-state index in [4.69, 9.17) is 18.9 Å². The van der Waals surface area contributed by atoms with Crippen LogP contribution in [0.25, 0.3) is 22.3 Å². The fourth-order valence-corrected chi connectivity index (χ4v) is 11.4. The molecule has 2 aliphatic heterocycles. The van der Waals surface area contributed by atoms with Crippen molar-refractivity contribution in [3.63, 3.8) is 0 Å². The highest BCUT2D eigenvalue weighted by atomic mass is 79.9. The van der Waals surface area contributed by atoms with Gasteiger partial charge in [-0.15, -0.1) is 0 Å². The third kappa shape index (κ3) is 12.1. The maximum Gasteiger partial charge on any atom is 0.453 e. The quantitative estimate of drug-likeness (QED) is 0.105. The molecule has 0 spiro atoms. The molecule has 0 aromatic heterocycles. The van der Waals surface area contributed by atoms with Gasteiger partial charge in [-0.2, -0.15) is 22.0 Å². The number of aryl methyl sites for hydroxylation is 1. The second-order valence-corrected chi connectivity index (χ2v) is 23.6. The van der Waals surface area contributed by atoms with Gasteiger partial charge in [0.15, 0.2) is 29.2 Å². The summed E-state index contributed by atoms with van der Waals surface area (Å²) in [6.07, 6.45) is -7.33. The number of rotatable bonds is 11. The first-order chi connectivity index (χ1) is 30.5. The molecule has 2 saturated heterocycles. The van der Waals surface area contributed by atoms with Crippen molar-refractivity contribution in [2.45, 2.75) is 123 Å². The summed E-state index contributed by atoms with van der Waals surface area (Å²) in [6, 6.07) is 26.3. The van der Waals surface area contributed by atoms with Crippen LogP contribution in [0.15, 0.2) is 111 Å². The number of halogens is 6. The highest BCUT2D eigenvalue weighted by molar-refractivity contribution is 9.10. The molecule has 18 heteroatoms. The van der Waals surface area contributed by atoms with E-state index in [1.807, 2.05) is 24.3 Å². The molecule has 0 atom stereocenters. The first-order valence-electron chi connectivity index (χ1n) is 21.2. The number of hydrogen-bond donors (Lipinski definition) is 0. The average molecular weight is 1030 g/mol. The van der Waals surface area contributed by atoms with Crippen LogP contribution in [0.4, 0.5) is 22.0 Å². The Bertz CT molecular complexity index is 2520. The molecule has 360 valence electrons. The number of carbonyl (C=O) groups is 2. The minimum Gasteiger partial charge on any atom is -0.459 e. The fraction of sp³-hybridized carbons (Fsp3) is 0.458. The molecule has 0 saturated carbocycles. The summed E-state index contributed by atoms with van der Waals surface area (Å²) in [5.41, 5.74) is 1.75. The van der Waals surface area contributed by atoms with Crippen LogP contribution in [-0.2, 0) is 54.6 Å². The standard InChI is InChI=1S/C26H29F5O5S.C22H25BrO5S/c1-23(2,3)36-22(32)24(14-16-35-17-15-24)37(33,34)21-10-8-20(9-11-21)19-6-4-18(5-7-19)12-13-25(27,28)26(29,30)31;1-21(2,3)28-20(24)22(12-14-27-15-13-22)29(25,26)19-10-6-17(7-11-19)16-4-8-18(23)9-5-16/h4-11H,12-17H2,1-3H3;4-11H,12-15H2,1-3H3. The Morgan fingerprint density at radius 1 is 0.545 bits per heavy atom. The van der Waals surface area contributed by atoms with E-state index in [1.54, 1.807) is 90.1 Å². The normalized spacial score (nSPS) is 16.9. The van der Waals surface area contributed by atoms with Gasteiger partial charge in [0, 0.05) is 63.0 Å². The summed E-state index contributed by atoms with van der Waals surface area (Å²) in [7, 11) is -8.11. The van der Waals surface area contributed by atoms with E-state index in [0.717, 1.165) is 15.6 Å². The largest absolute Gasteiger partial charge is 0.459 e. The van der Waals surface area contributed by atoms with E-state index in [2.05, 4.69) is 15.9 Å². The number of carbonyl (C=O) groups excluding carboxylic acids is 2. The molecule has 0 amide bonds. The third-order valence-electron chi connectivity index (χ3n) is 11.1. The topological polar surface area (TPSA) is 139 Å². The number of benzene rings is 4. The highest BCUT2D eigenvalue weighted by Gasteiger charge is 2.57. The Morgan fingerprint density at radius 2 is 0.848 bits per heavy atom. The lowest BCUT2D eigenvalue weighted by Crippen LogP contribution is -2.53. The number of sulfone groups is 2. The van der Waals surface area contributed by atoms with E-state index in [1.165, 1.54) is 24.3 Å². The van der Waals surface area contributed by atoms with E-state index < -0.39 is 77.2 Å². The third-order valence-corrected chi connectivity index (χ3v) is 16.6. The zero-order valence-electron chi connectivity index (χ0n) is 37.5. The Hall–Kier alpha value is -4.23. The monoisotopic (exact) mass is 1030 g/mol. The molecule has 0 radical (unpaired) electrons. The minimum absolute atomic E-state index is 0.0408. The molecule has 0 unspecified atom stereocenters. The fourth-order valence-electron chi connectivity index (χ4n) is 7.36. The minimum atomic E-state index is -5.60. The lowest BCUT2D eigenvalue weighted by molar-refractivity contribution is -0.284. The zero-order chi connectivity index (χ0) is 49.0. The summed E-state index contributed by atoms with van der Waals surface area (Å²) < 4.78 is 137. The van der Waals surface area contributed by atoms with Gasteiger partial charge in [0.1, 0.15) is 11.2 Å². The predicted octanol–water partition coefficient (Wildman–Crippen LogP) is 10.9. The Labute approximate surface area is 391 Å². The van der Waals surface area contributed by atoms with Crippen LogP contribution >= 0.6 is 15.9 Å². The first kappa shape index (κ1) is 52.7. The summed E-state index contributed by atoms with van der Waals surface area (Å²) >= 11 is 3.41. The lowest BCUT2D eigenvalue weighted by atomic mass is 9.99. The molecule has 2 aliphatic rings. The second-order valence-electron chi connectivity index (χ2n) is 18.2. The first-order valence-corrected chi connectivity index (χ1v) is 24.9. The van der Waals surface area contributed by atoms with Gasteiger partial charge < -0.3 is 18.9 Å². The number of hydrogen-bond acceptors (Lipinski definition) is 10. The van der Waals surface area contributed by atoms with Crippen molar-refractivity contribution >= 4 is 47.5 Å². The van der Waals surface area contributed by atoms with Crippen molar-refractivity contribution in [3.8, 4) is 22.3 Å². The molecule has 4 aromatic rings. The number of esters is 2. The Balaban J connectivity index is 0.000000255. The summed E-state index contributed by atoms with van der Waals surface area (Å²) in [6.45, 7) is 10.8. The number of ether oxygens (including phenoxy) is 4. The lowest BCUT2D eigenvalue weighted by Gasteiger charge is -2.36. The molecule has 4 aromatic carbocycles. The van der Waals surface area contributed by atoms with Crippen LogP contribution in [0.5, 0.6) is 0 Å². The molecule has 6 rings (SSSR count).